The molecule has 2 bridgehead atoms. The monoisotopic (exact) mass is 397 g/mol. The molecule has 154 valence electrons. The molecule has 7 heteroatoms. The van der Waals surface area contributed by atoms with E-state index in [4.69, 9.17) is 5.73 Å². The van der Waals surface area contributed by atoms with E-state index in [1.807, 2.05) is 4.90 Å². The SMILES string of the molecule is NC1CC2CCCC(C1)C2NS(=O)(=O)C1CCCN(C(=O)C2CCCC2)C1. The molecular weight excluding hydrogens is 362 g/mol. The highest BCUT2D eigenvalue weighted by Crippen LogP contribution is 2.40. The predicted octanol–water partition coefficient (Wildman–Crippen LogP) is 1.99. The third kappa shape index (κ3) is 4.20. The lowest BCUT2D eigenvalue weighted by Gasteiger charge is -2.45. The number of carbonyl (C=O) groups is 1. The Morgan fingerprint density at radius 3 is 2.26 bits per heavy atom. The van der Waals surface area contributed by atoms with Crippen LogP contribution in [0.4, 0.5) is 0 Å². The fourth-order valence-corrected chi connectivity index (χ4v) is 7.90. The van der Waals surface area contributed by atoms with Crippen molar-refractivity contribution in [2.75, 3.05) is 13.1 Å². The summed E-state index contributed by atoms with van der Waals surface area (Å²) in [6, 6.07) is 0.264. The van der Waals surface area contributed by atoms with E-state index in [1.165, 1.54) is 6.42 Å². The standard InChI is InChI=1S/C20H35N3O3S/c21-17-11-15-7-3-8-16(12-17)19(15)22-27(25,26)18-9-4-10-23(13-18)20(24)14-5-1-2-6-14/h14-19,22H,1-13,21H2. The Labute approximate surface area is 163 Å². The van der Waals surface area contributed by atoms with E-state index < -0.39 is 15.3 Å². The number of nitrogens with one attached hydrogen (secondary N) is 1. The van der Waals surface area contributed by atoms with Crippen molar-refractivity contribution in [2.45, 2.75) is 88.0 Å². The van der Waals surface area contributed by atoms with Crippen molar-refractivity contribution in [1.29, 1.82) is 0 Å². The van der Waals surface area contributed by atoms with Gasteiger partial charge in [-0.3, -0.25) is 4.79 Å². The first-order valence-electron chi connectivity index (χ1n) is 11.0. The van der Waals surface area contributed by atoms with Gasteiger partial charge >= 0.3 is 0 Å². The molecule has 4 aliphatic rings. The quantitative estimate of drug-likeness (QED) is 0.759. The lowest BCUT2D eigenvalue weighted by molar-refractivity contribution is -0.136. The van der Waals surface area contributed by atoms with Crippen molar-refractivity contribution in [1.82, 2.24) is 9.62 Å². The van der Waals surface area contributed by atoms with Gasteiger partial charge in [0.2, 0.25) is 15.9 Å². The molecule has 1 amide bonds. The van der Waals surface area contributed by atoms with Crippen LogP contribution in [0, 0.1) is 17.8 Å². The first-order chi connectivity index (χ1) is 12.9. The van der Waals surface area contributed by atoms with Gasteiger partial charge in [0.25, 0.3) is 0 Å². The number of amides is 1. The van der Waals surface area contributed by atoms with Gasteiger partial charge in [0.05, 0.1) is 5.25 Å². The van der Waals surface area contributed by atoms with Gasteiger partial charge in [-0.15, -0.1) is 0 Å². The molecule has 6 nitrogen and oxygen atoms in total. The molecule has 4 fully saturated rings. The summed E-state index contributed by atoms with van der Waals surface area (Å²) in [5.74, 6) is 1.07. The summed E-state index contributed by atoms with van der Waals surface area (Å²) in [5.41, 5.74) is 6.18. The van der Waals surface area contributed by atoms with Crippen LogP contribution in [0.2, 0.25) is 0 Å². The van der Waals surface area contributed by atoms with Crippen LogP contribution in [0.1, 0.15) is 70.6 Å². The largest absolute Gasteiger partial charge is 0.341 e. The third-order valence-electron chi connectivity index (χ3n) is 7.51. The zero-order valence-electron chi connectivity index (χ0n) is 16.3. The van der Waals surface area contributed by atoms with E-state index in [9.17, 15) is 13.2 Å². The van der Waals surface area contributed by atoms with Crippen LogP contribution in [0.25, 0.3) is 0 Å². The molecule has 0 radical (unpaired) electrons. The van der Waals surface area contributed by atoms with E-state index in [2.05, 4.69) is 4.72 Å². The Morgan fingerprint density at radius 1 is 0.926 bits per heavy atom. The van der Waals surface area contributed by atoms with Crippen molar-refractivity contribution in [3.05, 3.63) is 0 Å². The van der Waals surface area contributed by atoms with E-state index in [0.29, 0.717) is 31.3 Å². The van der Waals surface area contributed by atoms with Crippen LogP contribution in [-0.4, -0.2) is 49.6 Å². The van der Waals surface area contributed by atoms with Crippen molar-refractivity contribution in [2.24, 2.45) is 23.5 Å². The molecule has 3 unspecified atom stereocenters. The maximum atomic E-state index is 13.2. The summed E-state index contributed by atoms with van der Waals surface area (Å²) >= 11 is 0. The molecule has 3 N–H and O–H groups in total. The van der Waals surface area contributed by atoms with Crippen LogP contribution in [0.5, 0.6) is 0 Å². The Bertz CT molecular complexity index is 633. The highest BCUT2D eigenvalue weighted by atomic mass is 32.2. The summed E-state index contributed by atoms with van der Waals surface area (Å²) in [7, 11) is -3.42. The van der Waals surface area contributed by atoms with Gasteiger partial charge in [-0.25, -0.2) is 13.1 Å². The van der Waals surface area contributed by atoms with Gasteiger partial charge in [-0.1, -0.05) is 19.3 Å². The van der Waals surface area contributed by atoms with E-state index in [-0.39, 0.29) is 23.9 Å². The second-order valence-electron chi connectivity index (χ2n) is 9.40. The number of carbonyl (C=O) groups excluding carboxylic acids is 1. The topological polar surface area (TPSA) is 92.5 Å². The summed E-state index contributed by atoms with van der Waals surface area (Å²) in [6.07, 6.45) is 10.8. The molecule has 3 atom stereocenters. The van der Waals surface area contributed by atoms with Gasteiger partial charge in [0, 0.05) is 31.1 Å². The lowest BCUT2D eigenvalue weighted by atomic mass is 9.67. The zero-order chi connectivity index (χ0) is 19.0. The molecule has 3 aliphatic carbocycles. The number of nitrogens with zero attached hydrogens (tertiary/aromatic N) is 1. The Balaban J connectivity index is 1.41. The molecule has 3 saturated carbocycles. The number of piperidine rings is 1. The highest BCUT2D eigenvalue weighted by molar-refractivity contribution is 7.90. The maximum Gasteiger partial charge on any atom is 0.225 e. The van der Waals surface area contributed by atoms with Crippen LogP contribution in [0.15, 0.2) is 0 Å². The normalized spacial score (nSPS) is 38.1. The van der Waals surface area contributed by atoms with Crippen molar-refractivity contribution >= 4 is 15.9 Å². The molecule has 4 rings (SSSR count). The Morgan fingerprint density at radius 2 is 1.59 bits per heavy atom. The maximum absolute atomic E-state index is 13.2. The molecule has 0 aromatic rings. The van der Waals surface area contributed by atoms with Crippen LogP contribution in [0.3, 0.4) is 0 Å². The Kier molecular flexibility index (Phi) is 5.82. The van der Waals surface area contributed by atoms with Crippen LogP contribution in [-0.2, 0) is 14.8 Å². The van der Waals surface area contributed by atoms with Crippen LogP contribution >= 0.6 is 0 Å². The summed E-state index contributed by atoms with van der Waals surface area (Å²) < 4.78 is 29.4. The van der Waals surface area contributed by atoms with Crippen molar-refractivity contribution < 1.29 is 13.2 Å². The molecule has 1 aliphatic heterocycles. The molecule has 1 heterocycles. The second-order valence-corrected chi connectivity index (χ2v) is 11.4. The summed E-state index contributed by atoms with van der Waals surface area (Å²) in [6.45, 7) is 1.08. The van der Waals surface area contributed by atoms with E-state index in [0.717, 1.165) is 57.8 Å². The molecule has 27 heavy (non-hydrogen) atoms. The first-order valence-corrected chi connectivity index (χ1v) is 12.5. The average molecular weight is 398 g/mol. The van der Waals surface area contributed by atoms with Crippen molar-refractivity contribution in [3.63, 3.8) is 0 Å². The number of likely N-dealkylation sites (tertiary alicyclic amines) is 1. The summed E-state index contributed by atoms with van der Waals surface area (Å²) in [5, 5.41) is -0.465. The fourth-order valence-electron chi connectivity index (χ4n) is 6.09. The van der Waals surface area contributed by atoms with Gasteiger partial charge in [-0.05, 0) is 63.2 Å². The van der Waals surface area contributed by atoms with Gasteiger partial charge < -0.3 is 10.6 Å². The lowest BCUT2D eigenvalue weighted by Crippen LogP contribution is -2.57. The van der Waals surface area contributed by atoms with Gasteiger partial charge in [0.15, 0.2) is 0 Å². The van der Waals surface area contributed by atoms with Gasteiger partial charge in [-0.2, -0.15) is 0 Å². The number of fused-ring (bicyclic) bond motifs is 2. The smallest absolute Gasteiger partial charge is 0.225 e. The minimum Gasteiger partial charge on any atom is -0.341 e. The average Bonchev–Trinajstić information content (AvgIpc) is 3.16. The minimum absolute atomic E-state index is 0.0458. The number of hydrogen-bond acceptors (Lipinski definition) is 4. The highest BCUT2D eigenvalue weighted by Gasteiger charge is 2.43. The number of nitrogens with two attached hydrogens (primary N) is 1. The third-order valence-corrected chi connectivity index (χ3v) is 9.37. The first kappa shape index (κ1) is 19.6. The van der Waals surface area contributed by atoms with E-state index in [1.54, 1.807) is 0 Å². The van der Waals surface area contributed by atoms with Crippen molar-refractivity contribution in [3.8, 4) is 0 Å². The summed E-state index contributed by atoms with van der Waals surface area (Å²) in [4.78, 5) is 14.6. The molecular formula is C20H35N3O3S. The minimum atomic E-state index is -3.42. The number of hydrogen-bond donors (Lipinski definition) is 2. The van der Waals surface area contributed by atoms with Gasteiger partial charge in [0.1, 0.15) is 0 Å². The van der Waals surface area contributed by atoms with E-state index >= 15 is 0 Å². The fraction of sp³-hybridized carbons (Fsp3) is 0.950. The van der Waals surface area contributed by atoms with Crippen LogP contribution < -0.4 is 10.5 Å². The zero-order valence-corrected chi connectivity index (χ0v) is 17.1. The molecule has 0 aromatic carbocycles. The Hall–Kier alpha value is -0.660. The number of sulfonamides is 1. The number of rotatable bonds is 4. The molecule has 0 spiro atoms. The molecule has 1 saturated heterocycles. The molecule has 0 aromatic heterocycles. The second kappa shape index (κ2) is 7.99. The predicted molar refractivity (Wildman–Crippen MR) is 105 cm³/mol.